The monoisotopic (exact) mass is 232 g/mol. The normalized spacial score (nSPS) is 40.8. The van der Waals surface area contributed by atoms with Crippen LogP contribution in [0.4, 0.5) is 0 Å². The van der Waals surface area contributed by atoms with Crippen LogP contribution in [0, 0.1) is 11.8 Å². The second-order valence-corrected chi connectivity index (χ2v) is 5.63. The molecule has 1 aliphatic carbocycles. The quantitative estimate of drug-likeness (QED) is 0.717. The smallest absolute Gasteiger partial charge is 0.221 e. The average molecular weight is 232 g/mol. The molecule has 2 heterocycles. The van der Waals surface area contributed by atoms with Crippen LogP contribution in [0.1, 0.15) is 26.2 Å². The topological polar surface area (TPSA) is 41.1 Å². The number of carbonyl (C=O) groups is 1. The van der Waals surface area contributed by atoms with Crippen LogP contribution in [0.5, 0.6) is 0 Å². The minimum absolute atomic E-state index is 0.187. The van der Waals surface area contributed by atoms with E-state index in [9.17, 15) is 4.79 Å². The van der Waals surface area contributed by atoms with Gasteiger partial charge in [-0.15, -0.1) is 0 Å². The highest BCUT2D eigenvalue weighted by Crippen LogP contribution is 2.29. The predicted octanol–water partition coefficient (Wildman–Crippen LogP) is 1.38. The Hall–Kier alpha value is -1.09. The third-order valence-corrected chi connectivity index (χ3v) is 4.18. The van der Waals surface area contributed by atoms with Crippen LogP contribution in [0.25, 0.3) is 0 Å². The van der Waals surface area contributed by atoms with Crippen molar-refractivity contribution in [2.24, 2.45) is 11.8 Å². The second kappa shape index (κ2) is 4.30. The van der Waals surface area contributed by atoms with Crippen LogP contribution < -0.4 is 10.6 Å². The zero-order valence-corrected chi connectivity index (χ0v) is 10.3. The van der Waals surface area contributed by atoms with E-state index in [2.05, 4.69) is 35.8 Å². The Morgan fingerprint density at radius 1 is 1.35 bits per heavy atom. The highest BCUT2D eigenvalue weighted by molar-refractivity contribution is 5.80. The standard InChI is InChI=1S/C14H20N2O/c1-9-2-4-12(15-8-9)10-3-5-13-11(6-10)7-14(17)16-13/h3,5-6,9,11-13,15H,2,4,7-8H2,1H3,(H,16,17). The summed E-state index contributed by atoms with van der Waals surface area (Å²) >= 11 is 0. The summed E-state index contributed by atoms with van der Waals surface area (Å²) < 4.78 is 0. The molecule has 2 N–H and O–H groups in total. The van der Waals surface area contributed by atoms with Crippen molar-refractivity contribution in [3.8, 4) is 0 Å². The fraction of sp³-hybridized carbons (Fsp3) is 0.643. The molecule has 0 aromatic rings. The Labute approximate surface area is 102 Å². The van der Waals surface area contributed by atoms with Crippen molar-refractivity contribution in [2.45, 2.75) is 38.3 Å². The van der Waals surface area contributed by atoms with Gasteiger partial charge in [-0.1, -0.05) is 25.2 Å². The van der Waals surface area contributed by atoms with E-state index in [1.807, 2.05) is 0 Å². The van der Waals surface area contributed by atoms with Crippen LogP contribution >= 0.6 is 0 Å². The van der Waals surface area contributed by atoms with Crippen molar-refractivity contribution in [1.29, 1.82) is 0 Å². The van der Waals surface area contributed by atoms with Crippen molar-refractivity contribution >= 4 is 5.91 Å². The summed E-state index contributed by atoms with van der Waals surface area (Å²) in [5.74, 6) is 1.36. The summed E-state index contributed by atoms with van der Waals surface area (Å²) in [4.78, 5) is 11.3. The minimum atomic E-state index is 0.187. The molecule has 0 spiro atoms. The lowest BCUT2D eigenvalue weighted by atomic mass is 9.85. The third-order valence-electron chi connectivity index (χ3n) is 4.18. The lowest BCUT2D eigenvalue weighted by molar-refractivity contribution is -0.119. The van der Waals surface area contributed by atoms with Crippen molar-refractivity contribution in [2.75, 3.05) is 6.54 Å². The average Bonchev–Trinajstić information content (AvgIpc) is 2.69. The molecule has 92 valence electrons. The Morgan fingerprint density at radius 3 is 3.00 bits per heavy atom. The van der Waals surface area contributed by atoms with Gasteiger partial charge in [0.2, 0.25) is 5.91 Å². The van der Waals surface area contributed by atoms with Gasteiger partial charge in [-0.2, -0.15) is 0 Å². The third kappa shape index (κ3) is 2.16. The molecule has 2 saturated heterocycles. The van der Waals surface area contributed by atoms with E-state index in [1.54, 1.807) is 0 Å². The molecule has 3 nitrogen and oxygen atoms in total. The van der Waals surface area contributed by atoms with E-state index >= 15 is 0 Å². The molecular formula is C14H20N2O. The van der Waals surface area contributed by atoms with Gasteiger partial charge in [0.15, 0.2) is 0 Å². The number of hydrogen-bond donors (Lipinski definition) is 2. The van der Waals surface area contributed by atoms with E-state index in [1.165, 1.54) is 18.4 Å². The molecule has 1 amide bonds. The van der Waals surface area contributed by atoms with E-state index in [4.69, 9.17) is 0 Å². The van der Waals surface area contributed by atoms with Gasteiger partial charge in [0.05, 0.1) is 6.04 Å². The van der Waals surface area contributed by atoms with Crippen molar-refractivity contribution < 1.29 is 4.79 Å². The van der Waals surface area contributed by atoms with Crippen LogP contribution in [0.2, 0.25) is 0 Å². The molecular weight excluding hydrogens is 212 g/mol. The van der Waals surface area contributed by atoms with Crippen LogP contribution in [-0.4, -0.2) is 24.5 Å². The molecule has 2 aliphatic heterocycles. The Balaban J connectivity index is 1.70. The van der Waals surface area contributed by atoms with Crippen LogP contribution in [-0.2, 0) is 4.79 Å². The van der Waals surface area contributed by atoms with Gasteiger partial charge >= 0.3 is 0 Å². The van der Waals surface area contributed by atoms with Gasteiger partial charge in [0, 0.05) is 18.4 Å². The van der Waals surface area contributed by atoms with E-state index in [0.29, 0.717) is 18.4 Å². The molecule has 0 radical (unpaired) electrons. The van der Waals surface area contributed by atoms with Gasteiger partial charge in [0.25, 0.3) is 0 Å². The predicted molar refractivity (Wildman–Crippen MR) is 67.4 cm³/mol. The number of hydrogen-bond acceptors (Lipinski definition) is 2. The second-order valence-electron chi connectivity index (χ2n) is 5.63. The van der Waals surface area contributed by atoms with Crippen molar-refractivity contribution in [1.82, 2.24) is 10.6 Å². The molecule has 17 heavy (non-hydrogen) atoms. The molecule has 3 heteroatoms. The van der Waals surface area contributed by atoms with E-state index in [-0.39, 0.29) is 11.9 Å². The SMILES string of the molecule is CC1CCC(C2=CC3CC(=O)NC3C=C2)NC1. The molecule has 0 aromatic heterocycles. The largest absolute Gasteiger partial charge is 0.349 e. The van der Waals surface area contributed by atoms with Gasteiger partial charge in [-0.05, 0) is 30.9 Å². The highest BCUT2D eigenvalue weighted by atomic mass is 16.1. The zero-order chi connectivity index (χ0) is 11.8. The fourth-order valence-corrected chi connectivity index (χ4v) is 3.08. The lowest BCUT2D eigenvalue weighted by Crippen LogP contribution is -2.40. The first-order chi connectivity index (χ1) is 8.22. The summed E-state index contributed by atoms with van der Waals surface area (Å²) in [5.41, 5.74) is 1.38. The number of nitrogens with one attached hydrogen (secondary N) is 2. The molecule has 4 atom stereocenters. The Kier molecular flexibility index (Phi) is 2.79. The van der Waals surface area contributed by atoms with Gasteiger partial charge in [0.1, 0.15) is 0 Å². The van der Waals surface area contributed by atoms with E-state index < -0.39 is 0 Å². The minimum Gasteiger partial charge on any atom is -0.349 e. The van der Waals surface area contributed by atoms with E-state index in [0.717, 1.165) is 12.5 Å². The first kappa shape index (κ1) is 11.0. The first-order valence-corrected chi connectivity index (χ1v) is 6.65. The Morgan fingerprint density at radius 2 is 2.24 bits per heavy atom. The van der Waals surface area contributed by atoms with Crippen LogP contribution in [0.3, 0.4) is 0 Å². The molecule has 0 saturated carbocycles. The number of rotatable bonds is 1. The van der Waals surface area contributed by atoms with Gasteiger partial charge in [-0.3, -0.25) is 4.79 Å². The number of piperidine rings is 1. The van der Waals surface area contributed by atoms with Gasteiger partial charge in [-0.25, -0.2) is 0 Å². The Bertz CT molecular complexity index is 378. The summed E-state index contributed by atoms with van der Waals surface area (Å²) in [6.45, 7) is 3.41. The maximum absolute atomic E-state index is 11.3. The van der Waals surface area contributed by atoms with Crippen molar-refractivity contribution in [3.05, 3.63) is 23.8 Å². The summed E-state index contributed by atoms with van der Waals surface area (Å²) in [7, 11) is 0. The molecule has 3 rings (SSSR count). The number of carbonyl (C=O) groups excluding carboxylic acids is 1. The van der Waals surface area contributed by atoms with Crippen LogP contribution in [0.15, 0.2) is 23.8 Å². The molecule has 0 aromatic carbocycles. The van der Waals surface area contributed by atoms with Crippen molar-refractivity contribution in [3.63, 3.8) is 0 Å². The number of amides is 1. The zero-order valence-electron chi connectivity index (χ0n) is 10.3. The molecule has 4 unspecified atom stereocenters. The lowest BCUT2D eigenvalue weighted by Gasteiger charge is -2.31. The molecule has 0 bridgehead atoms. The molecule has 3 aliphatic rings. The molecule has 2 fully saturated rings. The summed E-state index contributed by atoms with van der Waals surface area (Å²) in [6, 6.07) is 0.743. The summed E-state index contributed by atoms with van der Waals surface area (Å²) in [6.07, 6.45) is 9.83. The maximum Gasteiger partial charge on any atom is 0.221 e. The summed E-state index contributed by atoms with van der Waals surface area (Å²) in [5, 5.41) is 6.60. The fourth-order valence-electron chi connectivity index (χ4n) is 3.08. The number of fused-ring (bicyclic) bond motifs is 1. The highest BCUT2D eigenvalue weighted by Gasteiger charge is 2.32. The first-order valence-electron chi connectivity index (χ1n) is 6.65. The maximum atomic E-state index is 11.3. The van der Waals surface area contributed by atoms with Gasteiger partial charge < -0.3 is 10.6 Å².